The number of methoxy groups -OCH3 is 2. The molecule has 0 radical (unpaired) electrons. The van der Waals surface area contributed by atoms with Gasteiger partial charge in [0.1, 0.15) is 5.82 Å². The van der Waals surface area contributed by atoms with E-state index in [0.29, 0.717) is 30.5 Å². The van der Waals surface area contributed by atoms with Crippen molar-refractivity contribution in [1.82, 2.24) is 5.32 Å². The minimum atomic E-state index is -0.242. The molecule has 3 N–H and O–H groups in total. The Balaban J connectivity index is 0.00000364. The number of hydrogen-bond donors (Lipinski definition) is 2. The van der Waals surface area contributed by atoms with E-state index in [4.69, 9.17) is 15.2 Å². The van der Waals surface area contributed by atoms with Gasteiger partial charge in [-0.3, -0.25) is 0 Å². The van der Waals surface area contributed by atoms with Crippen molar-refractivity contribution in [2.75, 3.05) is 20.8 Å². The highest BCUT2D eigenvalue weighted by molar-refractivity contribution is 14.0. The van der Waals surface area contributed by atoms with E-state index in [1.165, 1.54) is 12.1 Å². The summed E-state index contributed by atoms with van der Waals surface area (Å²) in [5, 5.41) is 3.14. The van der Waals surface area contributed by atoms with Crippen LogP contribution in [0.25, 0.3) is 0 Å². The maximum Gasteiger partial charge on any atom is 0.188 e. The molecule has 0 fully saturated rings. The zero-order valence-electron chi connectivity index (χ0n) is 16.1. The van der Waals surface area contributed by atoms with Crippen molar-refractivity contribution in [2.45, 2.75) is 25.8 Å². The summed E-state index contributed by atoms with van der Waals surface area (Å²) >= 11 is 0. The normalized spacial score (nSPS) is 11.5. The second-order valence-electron chi connectivity index (χ2n) is 6.64. The van der Waals surface area contributed by atoms with Crippen LogP contribution in [-0.2, 0) is 12.0 Å². The van der Waals surface area contributed by atoms with Gasteiger partial charge in [-0.25, -0.2) is 9.38 Å². The molecule has 0 bridgehead atoms. The highest BCUT2D eigenvalue weighted by atomic mass is 127. The molecule has 27 heavy (non-hydrogen) atoms. The number of guanidine groups is 1. The Bertz CT molecular complexity index is 764. The predicted molar refractivity (Wildman–Crippen MR) is 118 cm³/mol. The molecule has 0 amide bonds. The molecule has 148 valence electrons. The van der Waals surface area contributed by atoms with E-state index in [0.717, 1.165) is 11.1 Å². The summed E-state index contributed by atoms with van der Waals surface area (Å²) in [6, 6.07) is 12.1. The van der Waals surface area contributed by atoms with Crippen LogP contribution in [0.5, 0.6) is 11.5 Å². The van der Waals surface area contributed by atoms with Gasteiger partial charge in [-0.05, 0) is 35.4 Å². The van der Waals surface area contributed by atoms with E-state index in [1.54, 1.807) is 26.4 Å². The fraction of sp³-hybridized carbons (Fsp3) is 0.350. The van der Waals surface area contributed by atoms with E-state index in [9.17, 15) is 4.39 Å². The molecule has 0 heterocycles. The van der Waals surface area contributed by atoms with Gasteiger partial charge in [0.25, 0.3) is 0 Å². The van der Waals surface area contributed by atoms with Gasteiger partial charge < -0.3 is 20.5 Å². The maximum atomic E-state index is 13.1. The molecule has 2 aromatic rings. The number of nitrogens with one attached hydrogen (secondary N) is 1. The Labute approximate surface area is 177 Å². The lowest BCUT2D eigenvalue weighted by Crippen LogP contribution is -2.40. The van der Waals surface area contributed by atoms with Gasteiger partial charge in [0.15, 0.2) is 17.5 Å². The van der Waals surface area contributed by atoms with E-state index >= 15 is 0 Å². The van der Waals surface area contributed by atoms with Crippen molar-refractivity contribution in [1.29, 1.82) is 0 Å². The number of nitrogens with two attached hydrogens (primary N) is 1. The van der Waals surface area contributed by atoms with E-state index in [1.807, 2.05) is 18.2 Å². The minimum absolute atomic E-state index is 0. The topological polar surface area (TPSA) is 68.9 Å². The highest BCUT2D eigenvalue weighted by Crippen LogP contribution is 2.27. The van der Waals surface area contributed by atoms with Crippen LogP contribution in [0.4, 0.5) is 4.39 Å². The third-order valence-corrected chi connectivity index (χ3v) is 4.22. The van der Waals surface area contributed by atoms with Gasteiger partial charge in [-0.2, -0.15) is 0 Å². The fourth-order valence-electron chi connectivity index (χ4n) is 2.53. The summed E-state index contributed by atoms with van der Waals surface area (Å²) in [4.78, 5) is 4.36. The molecule has 7 heteroatoms. The predicted octanol–water partition coefficient (Wildman–Crippen LogP) is 3.84. The Morgan fingerprint density at radius 3 is 2.30 bits per heavy atom. The van der Waals surface area contributed by atoms with Crippen LogP contribution in [0.15, 0.2) is 47.5 Å². The van der Waals surface area contributed by atoms with Crippen molar-refractivity contribution in [3.8, 4) is 11.5 Å². The number of nitrogens with zero attached hydrogens (tertiary/aromatic N) is 1. The molecule has 0 spiro atoms. The summed E-state index contributed by atoms with van der Waals surface area (Å²) in [6.07, 6.45) is 0. The van der Waals surface area contributed by atoms with Gasteiger partial charge in [-0.15, -0.1) is 24.0 Å². The highest BCUT2D eigenvalue weighted by Gasteiger charge is 2.20. The van der Waals surface area contributed by atoms with Crippen LogP contribution in [-0.4, -0.2) is 26.7 Å². The molecule has 0 saturated heterocycles. The molecule has 2 aromatic carbocycles. The summed E-state index contributed by atoms with van der Waals surface area (Å²) in [6.45, 7) is 5.14. The molecule has 5 nitrogen and oxygen atoms in total. The number of hydrogen-bond acceptors (Lipinski definition) is 3. The van der Waals surface area contributed by atoms with Gasteiger partial charge in [0, 0.05) is 12.0 Å². The minimum Gasteiger partial charge on any atom is -0.493 e. The first-order valence-electron chi connectivity index (χ1n) is 8.36. The van der Waals surface area contributed by atoms with Crippen LogP contribution < -0.4 is 20.5 Å². The van der Waals surface area contributed by atoms with Gasteiger partial charge in [0.05, 0.1) is 20.8 Å². The number of ether oxygens (including phenoxy) is 2. The van der Waals surface area contributed by atoms with Crippen molar-refractivity contribution in [3.05, 3.63) is 59.4 Å². The summed E-state index contributed by atoms with van der Waals surface area (Å²) in [5.41, 5.74) is 7.76. The largest absolute Gasteiger partial charge is 0.493 e. The second-order valence-corrected chi connectivity index (χ2v) is 6.64. The zero-order chi connectivity index (χ0) is 19.2. The molecular weight excluding hydrogens is 460 g/mol. The van der Waals surface area contributed by atoms with Crippen LogP contribution in [0.3, 0.4) is 0 Å². The zero-order valence-corrected chi connectivity index (χ0v) is 18.4. The van der Waals surface area contributed by atoms with Gasteiger partial charge >= 0.3 is 0 Å². The fourth-order valence-corrected chi connectivity index (χ4v) is 2.53. The Hall–Kier alpha value is -2.03. The van der Waals surface area contributed by atoms with Crippen LogP contribution in [0.2, 0.25) is 0 Å². The molecule has 0 unspecified atom stereocenters. The van der Waals surface area contributed by atoms with Crippen LogP contribution in [0, 0.1) is 5.82 Å². The lowest BCUT2D eigenvalue weighted by molar-refractivity contribution is 0.354. The Morgan fingerprint density at radius 2 is 1.70 bits per heavy atom. The van der Waals surface area contributed by atoms with Crippen LogP contribution in [0.1, 0.15) is 25.0 Å². The number of aliphatic imine (C=N–C) groups is 1. The smallest absolute Gasteiger partial charge is 0.188 e. The molecule has 0 aliphatic carbocycles. The van der Waals surface area contributed by atoms with Crippen molar-refractivity contribution >= 4 is 29.9 Å². The van der Waals surface area contributed by atoms with Crippen molar-refractivity contribution < 1.29 is 13.9 Å². The Kier molecular flexibility index (Phi) is 8.81. The Morgan fingerprint density at radius 1 is 1.07 bits per heavy atom. The van der Waals surface area contributed by atoms with Crippen LogP contribution >= 0.6 is 24.0 Å². The molecule has 0 saturated carbocycles. The number of benzene rings is 2. The summed E-state index contributed by atoms with van der Waals surface area (Å²) < 4.78 is 23.6. The monoisotopic (exact) mass is 487 g/mol. The lowest BCUT2D eigenvalue weighted by atomic mass is 9.84. The van der Waals surface area contributed by atoms with Crippen molar-refractivity contribution in [3.63, 3.8) is 0 Å². The molecule has 0 aromatic heterocycles. The second kappa shape index (κ2) is 10.3. The third-order valence-electron chi connectivity index (χ3n) is 4.22. The number of halogens is 2. The summed E-state index contributed by atoms with van der Waals surface area (Å²) in [5.74, 6) is 1.44. The number of rotatable bonds is 7. The van der Waals surface area contributed by atoms with E-state index in [-0.39, 0.29) is 35.2 Å². The van der Waals surface area contributed by atoms with Gasteiger partial charge in [-0.1, -0.05) is 32.0 Å². The quantitative estimate of drug-likeness (QED) is 0.354. The molecular formula is C20H27FIN3O2. The van der Waals surface area contributed by atoms with E-state index in [2.05, 4.69) is 24.2 Å². The average Bonchev–Trinajstić information content (AvgIpc) is 2.64. The van der Waals surface area contributed by atoms with Gasteiger partial charge in [0.2, 0.25) is 0 Å². The molecule has 0 atom stereocenters. The van der Waals surface area contributed by atoms with Crippen molar-refractivity contribution in [2.24, 2.45) is 10.7 Å². The SMILES string of the molecule is COc1ccc(CN=C(N)NCC(C)(C)c2ccc(F)cc2)cc1OC.I. The standard InChI is InChI=1S/C20H26FN3O2.HI/c1-20(2,15-6-8-16(21)9-7-15)13-24-19(22)23-12-14-5-10-17(25-3)18(11-14)26-4;/h5-11H,12-13H2,1-4H3,(H3,22,23,24);1H. The first-order chi connectivity index (χ1) is 12.4. The molecule has 0 aliphatic rings. The first-order valence-corrected chi connectivity index (χ1v) is 8.36. The molecule has 0 aliphatic heterocycles. The lowest BCUT2D eigenvalue weighted by Gasteiger charge is -2.26. The maximum absolute atomic E-state index is 13.1. The first kappa shape index (κ1) is 23.0. The summed E-state index contributed by atoms with van der Waals surface area (Å²) in [7, 11) is 3.19. The van der Waals surface area contributed by atoms with E-state index < -0.39 is 0 Å². The average molecular weight is 487 g/mol. The molecule has 2 rings (SSSR count). The third kappa shape index (κ3) is 6.57.